The van der Waals surface area contributed by atoms with E-state index in [1.54, 1.807) is 48.5 Å². The Kier molecular flexibility index (Phi) is 3.02. The van der Waals surface area contributed by atoms with E-state index in [9.17, 15) is 9.59 Å². The van der Waals surface area contributed by atoms with Gasteiger partial charge in [-0.1, -0.05) is 36.4 Å². The molecule has 1 aliphatic rings. The summed E-state index contributed by atoms with van der Waals surface area (Å²) in [6.45, 7) is 0.113. The number of nitrogens with one attached hydrogen (secondary N) is 1. The maximum absolute atomic E-state index is 12.3. The van der Waals surface area contributed by atoms with Crippen LogP contribution in [-0.2, 0) is 6.54 Å². The average Bonchev–Trinajstić information content (AvgIpc) is 2.73. The molecule has 1 heterocycles. The predicted molar refractivity (Wildman–Crippen MR) is 78.1 cm³/mol. The first-order valence-electron chi connectivity index (χ1n) is 6.47. The van der Waals surface area contributed by atoms with E-state index >= 15 is 0 Å². The Morgan fingerprint density at radius 3 is 2.05 bits per heavy atom. The Morgan fingerprint density at radius 1 is 0.952 bits per heavy atom. The highest BCUT2D eigenvalue weighted by atomic mass is 16.2. The van der Waals surface area contributed by atoms with Crippen molar-refractivity contribution in [2.45, 2.75) is 6.54 Å². The minimum Gasteiger partial charge on any atom is -0.384 e. The number of fused-ring (bicyclic) bond motifs is 1. The number of nitrogens with two attached hydrogens (primary N) is 1. The monoisotopic (exact) mass is 279 g/mol. The minimum absolute atomic E-state index is 0.0813. The second kappa shape index (κ2) is 4.86. The Balaban J connectivity index is 1.96. The summed E-state index contributed by atoms with van der Waals surface area (Å²) < 4.78 is 0. The molecule has 0 aromatic heterocycles. The molecule has 21 heavy (non-hydrogen) atoms. The number of nitrogens with zero attached hydrogens (tertiary/aromatic N) is 1. The molecular weight excluding hydrogens is 266 g/mol. The summed E-state index contributed by atoms with van der Waals surface area (Å²) in [5.41, 5.74) is 7.59. The molecular formula is C16H13N3O2. The summed E-state index contributed by atoms with van der Waals surface area (Å²) in [6, 6.07) is 13.8. The van der Waals surface area contributed by atoms with Gasteiger partial charge in [0.15, 0.2) is 0 Å². The summed E-state index contributed by atoms with van der Waals surface area (Å²) >= 11 is 0. The molecule has 3 N–H and O–H groups in total. The molecule has 0 atom stereocenters. The molecule has 5 heteroatoms. The number of amides is 2. The largest absolute Gasteiger partial charge is 0.384 e. The number of carbonyl (C=O) groups is 2. The van der Waals surface area contributed by atoms with Crippen LogP contribution in [0.25, 0.3) is 0 Å². The van der Waals surface area contributed by atoms with Crippen molar-refractivity contribution in [2.75, 3.05) is 0 Å². The molecule has 0 unspecified atom stereocenters. The molecule has 0 aliphatic carbocycles. The van der Waals surface area contributed by atoms with E-state index in [0.717, 1.165) is 0 Å². The van der Waals surface area contributed by atoms with Gasteiger partial charge in [-0.2, -0.15) is 0 Å². The van der Waals surface area contributed by atoms with Crippen molar-refractivity contribution in [3.05, 3.63) is 70.8 Å². The Labute approximate surface area is 121 Å². The smallest absolute Gasteiger partial charge is 0.261 e. The molecule has 2 aromatic carbocycles. The van der Waals surface area contributed by atoms with E-state index in [1.165, 1.54) is 4.90 Å². The van der Waals surface area contributed by atoms with Crippen molar-refractivity contribution in [3.63, 3.8) is 0 Å². The molecule has 0 fully saturated rings. The van der Waals surface area contributed by atoms with Crippen LogP contribution in [-0.4, -0.2) is 22.5 Å². The second-order valence-electron chi connectivity index (χ2n) is 4.81. The fraction of sp³-hybridized carbons (Fsp3) is 0.0625. The lowest BCUT2D eigenvalue weighted by Crippen LogP contribution is -2.30. The number of hydrogen-bond donors (Lipinski definition) is 2. The van der Waals surface area contributed by atoms with Crippen LogP contribution in [0.3, 0.4) is 0 Å². The molecule has 104 valence electrons. The van der Waals surface area contributed by atoms with Gasteiger partial charge in [0.2, 0.25) is 0 Å². The van der Waals surface area contributed by atoms with E-state index in [0.29, 0.717) is 22.3 Å². The number of imide groups is 1. The number of carbonyl (C=O) groups excluding carboxylic acids is 2. The van der Waals surface area contributed by atoms with E-state index in [4.69, 9.17) is 11.1 Å². The van der Waals surface area contributed by atoms with E-state index < -0.39 is 0 Å². The van der Waals surface area contributed by atoms with Crippen LogP contribution >= 0.6 is 0 Å². The second-order valence-corrected chi connectivity index (χ2v) is 4.81. The number of amidine groups is 1. The fourth-order valence-corrected chi connectivity index (χ4v) is 2.47. The van der Waals surface area contributed by atoms with Crippen LogP contribution in [0.2, 0.25) is 0 Å². The van der Waals surface area contributed by atoms with Crippen molar-refractivity contribution in [3.8, 4) is 0 Å². The Hall–Kier alpha value is -2.95. The SMILES string of the molecule is N=C(N)c1ccccc1CN1C(=O)c2ccccc2C1=O. The molecule has 0 saturated carbocycles. The zero-order valence-electron chi connectivity index (χ0n) is 11.2. The topological polar surface area (TPSA) is 87.2 Å². The van der Waals surface area contributed by atoms with Crippen LogP contribution in [0.1, 0.15) is 31.8 Å². The quantitative estimate of drug-likeness (QED) is 0.510. The van der Waals surface area contributed by atoms with Crippen LogP contribution in [0.15, 0.2) is 48.5 Å². The molecule has 0 spiro atoms. The van der Waals surface area contributed by atoms with Gasteiger partial charge in [0, 0.05) is 5.56 Å². The predicted octanol–water partition coefficient (Wildman–Crippen LogP) is 1.77. The van der Waals surface area contributed by atoms with Gasteiger partial charge in [0.1, 0.15) is 5.84 Å². The number of nitrogen functional groups attached to an aromatic ring is 1. The minimum atomic E-state index is -0.311. The van der Waals surface area contributed by atoms with Crippen LogP contribution in [0.5, 0.6) is 0 Å². The molecule has 1 aliphatic heterocycles. The first-order chi connectivity index (χ1) is 10.1. The highest BCUT2D eigenvalue weighted by molar-refractivity contribution is 6.21. The maximum Gasteiger partial charge on any atom is 0.261 e. The summed E-state index contributed by atoms with van der Waals surface area (Å²) in [6.07, 6.45) is 0. The molecule has 3 rings (SSSR count). The van der Waals surface area contributed by atoms with Gasteiger partial charge in [-0.15, -0.1) is 0 Å². The van der Waals surface area contributed by atoms with Gasteiger partial charge in [-0.3, -0.25) is 19.9 Å². The van der Waals surface area contributed by atoms with Crippen molar-refractivity contribution in [2.24, 2.45) is 5.73 Å². The van der Waals surface area contributed by atoms with Gasteiger partial charge < -0.3 is 5.73 Å². The number of rotatable bonds is 3. The lowest BCUT2D eigenvalue weighted by molar-refractivity contribution is 0.0642. The highest BCUT2D eigenvalue weighted by Crippen LogP contribution is 2.24. The van der Waals surface area contributed by atoms with Gasteiger partial charge >= 0.3 is 0 Å². The maximum atomic E-state index is 12.3. The van der Waals surface area contributed by atoms with Crippen LogP contribution in [0, 0.1) is 5.41 Å². The molecule has 5 nitrogen and oxygen atoms in total. The fourth-order valence-electron chi connectivity index (χ4n) is 2.47. The van der Waals surface area contributed by atoms with Crippen molar-refractivity contribution in [1.29, 1.82) is 5.41 Å². The zero-order chi connectivity index (χ0) is 15.0. The lowest BCUT2D eigenvalue weighted by Gasteiger charge is -2.16. The zero-order valence-corrected chi connectivity index (χ0v) is 11.2. The highest BCUT2D eigenvalue weighted by Gasteiger charge is 2.35. The molecule has 0 saturated heterocycles. The van der Waals surface area contributed by atoms with E-state index in [2.05, 4.69) is 0 Å². The molecule has 2 aromatic rings. The summed E-state index contributed by atoms with van der Waals surface area (Å²) in [7, 11) is 0. The summed E-state index contributed by atoms with van der Waals surface area (Å²) in [5, 5.41) is 7.57. The number of benzene rings is 2. The van der Waals surface area contributed by atoms with Gasteiger partial charge in [-0.05, 0) is 17.7 Å². The van der Waals surface area contributed by atoms with E-state index in [-0.39, 0.29) is 24.2 Å². The molecule has 0 radical (unpaired) electrons. The molecule has 0 bridgehead atoms. The number of hydrogen-bond acceptors (Lipinski definition) is 3. The van der Waals surface area contributed by atoms with Gasteiger partial charge in [0.25, 0.3) is 11.8 Å². The third-order valence-corrected chi connectivity index (χ3v) is 3.51. The standard InChI is InChI=1S/C16H13N3O2/c17-14(18)11-6-2-1-5-10(11)9-19-15(20)12-7-3-4-8-13(12)16(19)21/h1-8H,9H2,(H3,17,18). The van der Waals surface area contributed by atoms with Crippen LogP contribution < -0.4 is 5.73 Å². The first-order valence-corrected chi connectivity index (χ1v) is 6.47. The average molecular weight is 279 g/mol. The summed E-state index contributed by atoms with van der Waals surface area (Å²) in [5.74, 6) is -0.704. The lowest BCUT2D eigenvalue weighted by atomic mass is 10.1. The van der Waals surface area contributed by atoms with Crippen molar-refractivity contribution in [1.82, 2.24) is 4.90 Å². The van der Waals surface area contributed by atoms with Crippen molar-refractivity contribution < 1.29 is 9.59 Å². The Bertz CT molecular complexity index is 733. The first kappa shape index (κ1) is 13.1. The normalized spacial score (nSPS) is 13.4. The Morgan fingerprint density at radius 2 is 1.48 bits per heavy atom. The van der Waals surface area contributed by atoms with E-state index in [1.807, 2.05) is 0 Å². The third kappa shape index (κ3) is 2.08. The van der Waals surface area contributed by atoms with Crippen LogP contribution in [0.4, 0.5) is 0 Å². The molecule has 2 amide bonds. The van der Waals surface area contributed by atoms with Crippen molar-refractivity contribution >= 4 is 17.6 Å². The summed E-state index contributed by atoms with van der Waals surface area (Å²) in [4.78, 5) is 25.8. The van der Waals surface area contributed by atoms with Gasteiger partial charge in [-0.25, -0.2) is 0 Å². The van der Waals surface area contributed by atoms with Gasteiger partial charge in [0.05, 0.1) is 17.7 Å². The third-order valence-electron chi connectivity index (χ3n) is 3.51.